The number of amides is 2. The Morgan fingerprint density at radius 2 is 1.76 bits per heavy atom. The summed E-state index contributed by atoms with van der Waals surface area (Å²) in [5, 5.41) is 11.9. The van der Waals surface area contributed by atoms with Gasteiger partial charge in [0, 0.05) is 24.1 Å². The number of rotatable bonds is 13. The Kier molecular flexibility index (Phi) is 10.8. The van der Waals surface area contributed by atoms with Crippen LogP contribution >= 0.6 is 11.8 Å². The van der Waals surface area contributed by atoms with E-state index >= 15 is 0 Å². The minimum absolute atomic E-state index is 0.0586. The second kappa shape index (κ2) is 13.3. The van der Waals surface area contributed by atoms with Gasteiger partial charge in [-0.25, -0.2) is 13.6 Å². The summed E-state index contributed by atoms with van der Waals surface area (Å²) >= 11 is 1.27. The number of nitrogens with one attached hydrogen (secondary N) is 1. The molecule has 2 N–H and O–H groups in total. The van der Waals surface area contributed by atoms with E-state index in [9.17, 15) is 23.5 Å². The Balaban J connectivity index is 2.06. The smallest absolute Gasteiger partial charge is 0.321 e. The zero-order chi connectivity index (χ0) is 25.1. The van der Waals surface area contributed by atoms with Crippen molar-refractivity contribution in [1.82, 2.24) is 4.90 Å². The molecule has 0 aliphatic heterocycles. The van der Waals surface area contributed by atoms with Gasteiger partial charge in [0.2, 0.25) is 0 Å². The molecule has 2 rings (SSSR count). The van der Waals surface area contributed by atoms with Crippen molar-refractivity contribution < 1.29 is 23.5 Å². The number of carboxylic acids is 1. The highest BCUT2D eigenvalue weighted by Crippen LogP contribution is 2.33. The monoisotopic (exact) mass is 492 g/mol. The van der Waals surface area contributed by atoms with Crippen molar-refractivity contribution in [3.8, 4) is 0 Å². The molecule has 2 aromatic carbocycles. The molecule has 0 aromatic heterocycles. The van der Waals surface area contributed by atoms with Crippen molar-refractivity contribution in [3.63, 3.8) is 0 Å². The average molecular weight is 493 g/mol. The maximum absolute atomic E-state index is 14.0. The van der Waals surface area contributed by atoms with Gasteiger partial charge in [-0.3, -0.25) is 4.79 Å². The van der Waals surface area contributed by atoms with Crippen molar-refractivity contribution in [2.24, 2.45) is 0 Å². The van der Waals surface area contributed by atoms with Crippen molar-refractivity contribution >= 4 is 29.4 Å². The Bertz CT molecular complexity index is 969. The summed E-state index contributed by atoms with van der Waals surface area (Å²) in [5.74, 6) is -2.41. The van der Waals surface area contributed by atoms with Crippen LogP contribution in [0.4, 0.5) is 19.3 Å². The summed E-state index contributed by atoms with van der Waals surface area (Å²) in [6.45, 7) is 6.40. The number of thioether (sulfide) groups is 1. The first-order valence-corrected chi connectivity index (χ1v) is 12.5. The standard InChI is InChI=1S/C26H34F2N2O3S/c1-4-5-6-7-8-15-30(25(33)29-23-13-12-20(27)18-22(23)28)16-14-19-10-9-11-21(17-19)34-26(2,3)24(31)32/h9-13,17-18H,4-8,14-16H2,1-3H3,(H,29,33)(H,31,32). The van der Waals surface area contributed by atoms with E-state index < -0.39 is 28.4 Å². The van der Waals surface area contributed by atoms with Crippen LogP contribution in [0, 0.1) is 11.6 Å². The average Bonchev–Trinajstić information content (AvgIpc) is 2.77. The van der Waals surface area contributed by atoms with Gasteiger partial charge in [-0.1, -0.05) is 44.7 Å². The fourth-order valence-corrected chi connectivity index (χ4v) is 4.41. The summed E-state index contributed by atoms with van der Waals surface area (Å²) in [5.41, 5.74) is 0.916. The molecule has 34 heavy (non-hydrogen) atoms. The quantitative estimate of drug-likeness (QED) is 0.234. The minimum atomic E-state index is -0.956. The summed E-state index contributed by atoms with van der Waals surface area (Å²) in [6.07, 6.45) is 5.76. The Morgan fingerprint density at radius 1 is 1.03 bits per heavy atom. The van der Waals surface area contributed by atoms with E-state index in [1.54, 1.807) is 18.7 Å². The molecule has 0 aliphatic carbocycles. The Morgan fingerprint density at radius 3 is 2.44 bits per heavy atom. The molecule has 5 nitrogen and oxygen atoms in total. The van der Waals surface area contributed by atoms with Crippen molar-refractivity contribution in [1.29, 1.82) is 0 Å². The van der Waals surface area contributed by atoms with Crippen LogP contribution in [0.25, 0.3) is 0 Å². The van der Waals surface area contributed by atoms with Crippen LogP contribution in [0.3, 0.4) is 0 Å². The second-order valence-electron chi connectivity index (χ2n) is 8.77. The molecule has 0 radical (unpaired) electrons. The number of benzene rings is 2. The fraction of sp³-hybridized carbons (Fsp3) is 0.462. The van der Waals surface area contributed by atoms with E-state index in [2.05, 4.69) is 12.2 Å². The predicted octanol–water partition coefficient (Wildman–Crippen LogP) is 6.97. The van der Waals surface area contributed by atoms with Gasteiger partial charge in [0.25, 0.3) is 0 Å². The van der Waals surface area contributed by atoms with Crippen LogP contribution in [-0.2, 0) is 11.2 Å². The van der Waals surface area contributed by atoms with Crippen LogP contribution in [0.15, 0.2) is 47.4 Å². The topological polar surface area (TPSA) is 69.6 Å². The van der Waals surface area contributed by atoms with Crippen molar-refractivity contribution in [3.05, 3.63) is 59.7 Å². The second-order valence-corrected chi connectivity index (χ2v) is 10.5. The van der Waals surface area contributed by atoms with Crippen LogP contribution in [0.2, 0.25) is 0 Å². The summed E-state index contributed by atoms with van der Waals surface area (Å²) in [6, 6.07) is 10.3. The Hall–Kier alpha value is -2.61. The van der Waals surface area contributed by atoms with Gasteiger partial charge >= 0.3 is 12.0 Å². The van der Waals surface area contributed by atoms with E-state index in [-0.39, 0.29) is 5.69 Å². The maximum Gasteiger partial charge on any atom is 0.321 e. The molecular weight excluding hydrogens is 458 g/mol. The SMILES string of the molecule is CCCCCCCN(CCc1cccc(SC(C)(C)C(=O)O)c1)C(=O)Nc1ccc(F)cc1F. The molecule has 0 aliphatic rings. The number of anilines is 1. The number of nitrogens with zero attached hydrogens (tertiary/aromatic N) is 1. The normalized spacial score (nSPS) is 11.3. The molecule has 8 heteroatoms. The van der Waals surface area contributed by atoms with Crippen LogP contribution in [0.1, 0.15) is 58.4 Å². The van der Waals surface area contributed by atoms with Crippen LogP contribution in [0.5, 0.6) is 0 Å². The molecule has 0 saturated heterocycles. The number of carbonyl (C=O) groups is 2. The number of carbonyl (C=O) groups excluding carboxylic acids is 1. The van der Waals surface area contributed by atoms with Gasteiger partial charge in [0.1, 0.15) is 16.4 Å². The van der Waals surface area contributed by atoms with Gasteiger partial charge in [-0.15, -0.1) is 11.8 Å². The van der Waals surface area contributed by atoms with E-state index in [1.165, 1.54) is 17.8 Å². The third-order valence-corrected chi connectivity index (χ3v) is 6.62. The summed E-state index contributed by atoms with van der Waals surface area (Å²) < 4.78 is 26.3. The lowest BCUT2D eigenvalue weighted by Gasteiger charge is -2.24. The lowest BCUT2D eigenvalue weighted by Crippen LogP contribution is -2.37. The van der Waals surface area contributed by atoms with Gasteiger partial charge in [0.05, 0.1) is 5.69 Å². The predicted molar refractivity (Wildman–Crippen MR) is 133 cm³/mol. The number of urea groups is 1. The summed E-state index contributed by atoms with van der Waals surface area (Å²) in [7, 11) is 0. The number of halogens is 2. The lowest BCUT2D eigenvalue weighted by atomic mass is 10.1. The number of carboxylic acid groups (broad SMARTS) is 1. The number of hydrogen-bond acceptors (Lipinski definition) is 3. The zero-order valence-electron chi connectivity index (χ0n) is 20.1. The van der Waals surface area contributed by atoms with Gasteiger partial charge < -0.3 is 15.3 Å². The highest BCUT2D eigenvalue weighted by atomic mass is 32.2. The van der Waals surface area contributed by atoms with E-state index in [0.29, 0.717) is 19.5 Å². The molecule has 0 atom stereocenters. The first-order valence-electron chi connectivity index (χ1n) is 11.6. The molecule has 0 spiro atoms. The van der Waals surface area contributed by atoms with Gasteiger partial charge in [0.15, 0.2) is 0 Å². The van der Waals surface area contributed by atoms with Crippen LogP contribution in [-0.4, -0.2) is 39.8 Å². The molecular formula is C26H34F2N2O3S. The minimum Gasteiger partial charge on any atom is -0.480 e. The number of hydrogen-bond donors (Lipinski definition) is 2. The zero-order valence-corrected chi connectivity index (χ0v) is 20.9. The first-order chi connectivity index (χ1) is 16.1. The number of unbranched alkanes of at least 4 members (excludes halogenated alkanes) is 4. The van der Waals surface area contributed by atoms with Gasteiger partial charge in [-0.2, -0.15) is 0 Å². The third-order valence-electron chi connectivity index (χ3n) is 5.45. The molecule has 0 heterocycles. The van der Waals surface area contributed by atoms with Gasteiger partial charge in [-0.05, 0) is 56.5 Å². The molecule has 0 bridgehead atoms. The van der Waals surface area contributed by atoms with E-state index in [1.807, 2.05) is 24.3 Å². The van der Waals surface area contributed by atoms with Crippen molar-refractivity contribution in [2.45, 2.75) is 68.9 Å². The third kappa shape index (κ3) is 8.97. The molecule has 2 aromatic rings. The molecule has 0 fully saturated rings. The molecule has 2 amide bonds. The maximum atomic E-state index is 14.0. The Labute approximate surface area is 204 Å². The largest absolute Gasteiger partial charge is 0.480 e. The van der Waals surface area contributed by atoms with Crippen LogP contribution < -0.4 is 5.32 Å². The fourth-order valence-electron chi connectivity index (χ4n) is 3.37. The van der Waals surface area contributed by atoms with E-state index in [4.69, 9.17) is 0 Å². The highest BCUT2D eigenvalue weighted by molar-refractivity contribution is 8.01. The lowest BCUT2D eigenvalue weighted by molar-refractivity contribution is -0.138. The molecule has 0 unspecified atom stereocenters. The van der Waals surface area contributed by atoms with Crippen molar-refractivity contribution in [2.75, 3.05) is 18.4 Å². The summed E-state index contributed by atoms with van der Waals surface area (Å²) in [4.78, 5) is 26.8. The van der Waals surface area contributed by atoms with E-state index in [0.717, 1.165) is 54.7 Å². The number of aliphatic carboxylic acids is 1. The highest BCUT2D eigenvalue weighted by Gasteiger charge is 2.28. The molecule has 0 saturated carbocycles. The first kappa shape index (κ1) is 27.6. The molecule has 186 valence electrons.